The van der Waals surface area contributed by atoms with Crippen molar-refractivity contribution in [3.8, 4) is 11.5 Å². The summed E-state index contributed by atoms with van der Waals surface area (Å²) in [6, 6.07) is 4.23. The van der Waals surface area contributed by atoms with Crippen LogP contribution < -0.4 is 14.8 Å². The summed E-state index contributed by atoms with van der Waals surface area (Å²) in [7, 11) is 1.67. The number of halogens is 1. The molecule has 0 bridgehead atoms. The molecule has 1 heterocycles. The normalized spacial score (nSPS) is 18.5. The molecule has 3 nitrogen and oxygen atoms in total. The lowest BCUT2D eigenvalue weighted by Gasteiger charge is -2.10. The van der Waals surface area contributed by atoms with E-state index in [1.807, 2.05) is 12.1 Å². The molecule has 0 saturated carbocycles. The van der Waals surface area contributed by atoms with Gasteiger partial charge in [-0.05, 0) is 34.6 Å². The average Bonchev–Trinajstić information content (AvgIpc) is 2.63. The predicted octanol–water partition coefficient (Wildman–Crippen LogP) is 2.50. The molecule has 1 aliphatic heterocycles. The Hall–Kier alpha value is -0.740. The summed E-state index contributed by atoms with van der Waals surface area (Å²) >= 11 is 3.48. The van der Waals surface area contributed by atoms with E-state index in [0.29, 0.717) is 6.61 Å². The van der Waals surface area contributed by atoms with Crippen molar-refractivity contribution >= 4 is 15.9 Å². The SMILES string of the molecule is CCNC1COc2c(Br)cc(OC)cc21. The number of fused-ring (bicyclic) bond motifs is 1. The van der Waals surface area contributed by atoms with Crippen LogP contribution in [0.5, 0.6) is 11.5 Å². The van der Waals surface area contributed by atoms with Gasteiger partial charge in [0.2, 0.25) is 0 Å². The summed E-state index contributed by atoms with van der Waals surface area (Å²) in [5.41, 5.74) is 1.17. The Morgan fingerprint density at radius 3 is 3.07 bits per heavy atom. The Balaban J connectivity index is 2.37. The third-order valence-corrected chi connectivity index (χ3v) is 3.09. The molecule has 82 valence electrons. The Bertz CT molecular complexity index is 368. The fraction of sp³-hybridized carbons (Fsp3) is 0.455. The molecule has 0 saturated heterocycles. The Labute approximate surface area is 97.9 Å². The van der Waals surface area contributed by atoms with Gasteiger partial charge < -0.3 is 14.8 Å². The maximum atomic E-state index is 5.63. The monoisotopic (exact) mass is 271 g/mol. The lowest BCUT2D eigenvalue weighted by molar-refractivity contribution is 0.312. The zero-order valence-corrected chi connectivity index (χ0v) is 10.4. The van der Waals surface area contributed by atoms with Crippen molar-refractivity contribution in [3.05, 3.63) is 22.2 Å². The minimum absolute atomic E-state index is 0.274. The van der Waals surface area contributed by atoms with Crippen LogP contribution in [0, 0.1) is 0 Å². The second-order valence-electron chi connectivity index (χ2n) is 3.45. The van der Waals surface area contributed by atoms with E-state index in [1.54, 1.807) is 7.11 Å². The van der Waals surface area contributed by atoms with Crippen molar-refractivity contribution in [1.82, 2.24) is 5.32 Å². The van der Waals surface area contributed by atoms with Gasteiger partial charge in [-0.1, -0.05) is 6.92 Å². The number of ether oxygens (including phenoxy) is 2. The number of likely N-dealkylation sites (N-methyl/N-ethyl adjacent to an activating group) is 1. The second kappa shape index (κ2) is 4.41. The van der Waals surface area contributed by atoms with Gasteiger partial charge >= 0.3 is 0 Å². The highest BCUT2D eigenvalue weighted by atomic mass is 79.9. The van der Waals surface area contributed by atoms with Crippen molar-refractivity contribution in [1.29, 1.82) is 0 Å². The summed E-state index contributed by atoms with van der Waals surface area (Å²) < 4.78 is 11.8. The average molecular weight is 272 g/mol. The van der Waals surface area contributed by atoms with Crippen molar-refractivity contribution in [3.63, 3.8) is 0 Å². The van der Waals surface area contributed by atoms with Crippen LogP contribution in [0.25, 0.3) is 0 Å². The molecule has 1 unspecified atom stereocenters. The first-order valence-electron chi connectivity index (χ1n) is 5.00. The Kier molecular flexibility index (Phi) is 3.17. The molecule has 0 aromatic heterocycles. The number of benzene rings is 1. The molecule has 1 aromatic rings. The molecule has 4 heteroatoms. The lowest BCUT2D eigenvalue weighted by Crippen LogP contribution is -2.21. The first-order chi connectivity index (χ1) is 7.26. The number of nitrogens with one attached hydrogen (secondary N) is 1. The molecule has 1 aromatic carbocycles. The molecular weight excluding hydrogens is 258 g/mol. The van der Waals surface area contributed by atoms with Crippen molar-refractivity contribution < 1.29 is 9.47 Å². The molecule has 0 spiro atoms. The minimum Gasteiger partial charge on any atom is -0.497 e. The minimum atomic E-state index is 0.274. The Morgan fingerprint density at radius 2 is 2.40 bits per heavy atom. The van der Waals surface area contributed by atoms with Gasteiger partial charge in [0, 0.05) is 5.56 Å². The van der Waals surface area contributed by atoms with Crippen LogP contribution in [0.1, 0.15) is 18.5 Å². The predicted molar refractivity (Wildman–Crippen MR) is 62.6 cm³/mol. The molecule has 0 fully saturated rings. The van der Waals surface area contributed by atoms with Crippen LogP contribution in [-0.2, 0) is 0 Å². The summed E-state index contributed by atoms with van der Waals surface area (Å²) in [6.45, 7) is 3.71. The van der Waals surface area contributed by atoms with Crippen molar-refractivity contribution in [2.24, 2.45) is 0 Å². The van der Waals surface area contributed by atoms with E-state index in [9.17, 15) is 0 Å². The van der Waals surface area contributed by atoms with Gasteiger partial charge in [-0.3, -0.25) is 0 Å². The van der Waals surface area contributed by atoms with Gasteiger partial charge in [-0.2, -0.15) is 0 Å². The van der Waals surface area contributed by atoms with E-state index < -0.39 is 0 Å². The van der Waals surface area contributed by atoms with Crippen LogP contribution in [0.2, 0.25) is 0 Å². The van der Waals surface area contributed by atoms with Gasteiger partial charge in [-0.15, -0.1) is 0 Å². The lowest BCUT2D eigenvalue weighted by atomic mass is 10.1. The number of rotatable bonds is 3. The molecule has 1 atom stereocenters. The van der Waals surface area contributed by atoms with Gasteiger partial charge in [0.05, 0.1) is 17.6 Å². The van der Waals surface area contributed by atoms with Crippen LogP contribution in [0.4, 0.5) is 0 Å². The quantitative estimate of drug-likeness (QED) is 0.917. The molecule has 1 N–H and O–H groups in total. The molecule has 0 amide bonds. The highest BCUT2D eigenvalue weighted by Crippen LogP contribution is 2.41. The van der Waals surface area contributed by atoms with Crippen molar-refractivity contribution in [2.75, 3.05) is 20.3 Å². The summed E-state index contributed by atoms with van der Waals surface area (Å²) in [5.74, 6) is 1.79. The van der Waals surface area contributed by atoms with E-state index in [1.165, 1.54) is 5.56 Å². The zero-order valence-electron chi connectivity index (χ0n) is 8.84. The molecule has 0 radical (unpaired) electrons. The standard InChI is InChI=1S/C11H14BrNO2/c1-3-13-10-6-15-11-8(10)4-7(14-2)5-9(11)12/h4-5,10,13H,3,6H2,1-2H3. The summed E-state index contributed by atoms with van der Waals surface area (Å²) in [4.78, 5) is 0. The number of methoxy groups -OCH3 is 1. The molecular formula is C11H14BrNO2. The molecule has 2 rings (SSSR count). The molecule has 15 heavy (non-hydrogen) atoms. The van der Waals surface area contributed by atoms with E-state index in [0.717, 1.165) is 22.5 Å². The first kappa shape index (κ1) is 10.8. The maximum absolute atomic E-state index is 5.63. The smallest absolute Gasteiger partial charge is 0.138 e. The maximum Gasteiger partial charge on any atom is 0.138 e. The van der Waals surface area contributed by atoms with Crippen LogP contribution in [0.15, 0.2) is 16.6 Å². The van der Waals surface area contributed by atoms with Gasteiger partial charge in [-0.25, -0.2) is 0 Å². The van der Waals surface area contributed by atoms with E-state index in [2.05, 4.69) is 28.2 Å². The third kappa shape index (κ3) is 1.96. The highest BCUT2D eigenvalue weighted by molar-refractivity contribution is 9.10. The van der Waals surface area contributed by atoms with Crippen LogP contribution in [0.3, 0.4) is 0 Å². The fourth-order valence-electron chi connectivity index (χ4n) is 1.79. The number of hydrogen-bond donors (Lipinski definition) is 1. The molecule has 0 aliphatic carbocycles. The summed E-state index contributed by atoms with van der Waals surface area (Å²) in [6.07, 6.45) is 0. The van der Waals surface area contributed by atoms with E-state index in [4.69, 9.17) is 9.47 Å². The summed E-state index contributed by atoms with van der Waals surface area (Å²) in [5, 5.41) is 3.38. The highest BCUT2D eigenvalue weighted by Gasteiger charge is 2.26. The van der Waals surface area contributed by atoms with E-state index >= 15 is 0 Å². The van der Waals surface area contributed by atoms with Crippen LogP contribution in [-0.4, -0.2) is 20.3 Å². The largest absolute Gasteiger partial charge is 0.497 e. The zero-order chi connectivity index (χ0) is 10.8. The Morgan fingerprint density at radius 1 is 1.60 bits per heavy atom. The van der Waals surface area contributed by atoms with E-state index in [-0.39, 0.29) is 6.04 Å². The van der Waals surface area contributed by atoms with Crippen LogP contribution >= 0.6 is 15.9 Å². The third-order valence-electron chi connectivity index (χ3n) is 2.50. The van der Waals surface area contributed by atoms with Gasteiger partial charge in [0.1, 0.15) is 18.1 Å². The molecule has 1 aliphatic rings. The fourth-order valence-corrected chi connectivity index (χ4v) is 2.36. The van der Waals surface area contributed by atoms with Crippen molar-refractivity contribution in [2.45, 2.75) is 13.0 Å². The second-order valence-corrected chi connectivity index (χ2v) is 4.30. The van der Waals surface area contributed by atoms with Gasteiger partial charge in [0.15, 0.2) is 0 Å². The van der Waals surface area contributed by atoms with Gasteiger partial charge in [0.25, 0.3) is 0 Å². The number of hydrogen-bond acceptors (Lipinski definition) is 3. The topological polar surface area (TPSA) is 30.5 Å². The first-order valence-corrected chi connectivity index (χ1v) is 5.79.